The minimum Gasteiger partial charge on any atom is -0.369 e. The summed E-state index contributed by atoms with van der Waals surface area (Å²) in [6.45, 7) is 5.46. The van der Waals surface area contributed by atoms with Crippen molar-refractivity contribution in [1.82, 2.24) is 25.2 Å². The van der Waals surface area contributed by atoms with E-state index in [1.165, 1.54) is 12.3 Å². The van der Waals surface area contributed by atoms with E-state index in [1.54, 1.807) is 12.1 Å². The fourth-order valence-electron chi connectivity index (χ4n) is 2.79. The van der Waals surface area contributed by atoms with E-state index in [0.717, 1.165) is 22.2 Å². The van der Waals surface area contributed by atoms with Gasteiger partial charge in [0.25, 0.3) is 5.91 Å². The topological polar surface area (TPSA) is 83.0 Å². The average molecular weight is 506 g/mol. The number of carbonyl (C=O) groups is 1. The van der Waals surface area contributed by atoms with Crippen molar-refractivity contribution in [3.63, 3.8) is 0 Å². The molecule has 0 atom stereocenters. The van der Waals surface area contributed by atoms with Crippen LogP contribution in [-0.4, -0.2) is 58.5 Å². The summed E-state index contributed by atoms with van der Waals surface area (Å²) in [6.07, 6.45) is 1.50. The van der Waals surface area contributed by atoms with Crippen molar-refractivity contribution in [2.24, 2.45) is 0 Å². The molecule has 0 spiro atoms. The molecule has 0 aliphatic heterocycles. The third-order valence-corrected chi connectivity index (χ3v) is 5.02. The second kappa shape index (κ2) is 10.4. The van der Waals surface area contributed by atoms with Gasteiger partial charge in [0.1, 0.15) is 11.5 Å². The summed E-state index contributed by atoms with van der Waals surface area (Å²) < 4.78 is 14.2. The van der Waals surface area contributed by atoms with Gasteiger partial charge in [0.2, 0.25) is 5.95 Å². The fraction of sp³-hybridized carbons (Fsp3) is 0.300. The Morgan fingerprint density at radius 1 is 1.14 bits per heavy atom. The molecule has 2 heterocycles. The average Bonchev–Trinajstić information content (AvgIpc) is 2.72. The van der Waals surface area contributed by atoms with Crippen LogP contribution in [0.3, 0.4) is 0 Å². The van der Waals surface area contributed by atoms with Crippen molar-refractivity contribution in [3.8, 4) is 0 Å². The largest absolute Gasteiger partial charge is 0.369 e. The zero-order valence-corrected chi connectivity index (χ0v) is 18.2. The number of likely N-dealkylation sites (N-methyl/N-ethyl adjacent to an activating group) is 1. The van der Waals surface area contributed by atoms with E-state index in [1.807, 2.05) is 18.2 Å². The highest BCUT2D eigenvalue weighted by Gasteiger charge is 2.10. The Balaban J connectivity index is 1.45. The molecule has 1 amide bonds. The lowest BCUT2D eigenvalue weighted by Gasteiger charge is -2.20. The van der Waals surface area contributed by atoms with Crippen molar-refractivity contribution < 1.29 is 9.18 Å². The molecule has 0 fully saturated rings. The maximum absolute atomic E-state index is 13.1. The number of benzene rings is 1. The van der Waals surface area contributed by atoms with Gasteiger partial charge in [-0.15, -0.1) is 0 Å². The van der Waals surface area contributed by atoms with Gasteiger partial charge in [0.15, 0.2) is 0 Å². The fourth-order valence-corrected chi connectivity index (χ4v) is 3.26. The number of anilines is 1. The highest BCUT2D eigenvalue weighted by atomic mass is 125. The second-order valence-corrected chi connectivity index (χ2v) is 7.60. The molecular formula is C20H22FIN6O. The third kappa shape index (κ3) is 6.29. The summed E-state index contributed by atoms with van der Waals surface area (Å²) in [5, 5.41) is 5.99. The summed E-state index contributed by atoms with van der Waals surface area (Å²) in [5.41, 5.74) is 1.77. The molecule has 2 N–H and O–H groups in total. The van der Waals surface area contributed by atoms with Crippen molar-refractivity contribution in [3.05, 3.63) is 57.8 Å². The Morgan fingerprint density at radius 2 is 1.97 bits per heavy atom. The number of hydrogen-bond donors (Lipinski definition) is 2. The molecular weight excluding hydrogens is 484 g/mol. The predicted molar refractivity (Wildman–Crippen MR) is 119 cm³/mol. The molecule has 3 rings (SSSR count). The van der Waals surface area contributed by atoms with Crippen LogP contribution < -0.4 is 10.6 Å². The summed E-state index contributed by atoms with van der Waals surface area (Å²) >= 11 is 2.22. The van der Waals surface area contributed by atoms with Crippen molar-refractivity contribution in [2.75, 3.05) is 38.0 Å². The third-order valence-electron chi connectivity index (χ3n) is 4.35. The lowest BCUT2D eigenvalue weighted by atomic mass is 10.3. The van der Waals surface area contributed by atoms with Crippen LogP contribution in [0.4, 0.5) is 10.2 Å². The van der Waals surface area contributed by atoms with Gasteiger partial charge in [0, 0.05) is 29.7 Å². The van der Waals surface area contributed by atoms with Crippen molar-refractivity contribution in [2.45, 2.75) is 6.92 Å². The van der Waals surface area contributed by atoms with E-state index < -0.39 is 5.95 Å². The number of amides is 1. The molecule has 0 saturated heterocycles. The van der Waals surface area contributed by atoms with Crippen LogP contribution >= 0.6 is 22.6 Å². The number of fused-ring (bicyclic) bond motifs is 1. The smallest absolute Gasteiger partial charge is 0.271 e. The van der Waals surface area contributed by atoms with Crippen molar-refractivity contribution >= 4 is 45.3 Å². The highest BCUT2D eigenvalue weighted by Crippen LogP contribution is 2.13. The van der Waals surface area contributed by atoms with E-state index in [9.17, 15) is 9.18 Å². The van der Waals surface area contributed by atoms with Gasteiger partial charge in [-0.3, -0.25) is 9.78 Å². The lowest BCUT2D eigenvalue weighted by molar-refractivity contribution is 0.0944. The molecule has 3 aromatic rings. The molecule has 0 saturated carbocycles. The Bertz CT molecular complexity index is 986. The minimum atomic E-state index is -0.503. The zero-order valence-electron chi connectivity index (χ0n) is 16.0. The van der Waals surface area contributed by atoms with E-state index >= 15 is 0 Å². The van der Waals surface area contributed by atoms with Crippen LogP contribution in [0, 0.1) is 9.52 Å². The van der Waals surface area contributed by atoms with Gasteiger partial charge in [-0.05, 0) is 59.5 Å². The first-order valence-electron chi connectivity index (χ1n) is 9.34. The minimum absolute atomic E-state index is 0.240. The van der Waals surface area contributed by atoms with Gasteiger partial charge in [-0.1, -0.05) is 13.0 Å². The van der Waals surface area contributed by atoms with E-state index in [4.69, 9.17) is 0 Å². The summed E-state index contributed by atoms with van der Waals surface area (Å²) in [5.74, 6) is -0.230. The number of hydrogen-bond acceptors (Lipinski definition) is 6. The van der Waals surface area contributed by atoms with Gasteiger partial charge in [-0.25, -0.2) is 9.97 Å². The monoisotopic (exact) mass is 506 g/mol. The number of nitrogens with one attached hydrogen (secondary N) is 2. The standard InChI is InChI=1S/C20H22FIN6O/c1-2-28(10-8-23-19-5-3-4-18(21)27-19)11-9-24-20(29)17-13-25-16-12-14(22)6-7-15(16)26-17/h3-7,12-13H,2,8-11H2,1H3,(H,23,27)(H,24,29)/i22-2. The van der Waals surface area contributed by atoms with Crippen LogP contribution in [0.25, 0.3) is 11.0 Å². The summed E-state index contributed by atoms with van der Waals surface area (Å²) in [6, 6.07) is 10.4. The Hall–Kier alpha value is -2.40. The van der Waals surface area contributed by atoms with Crippen LogP contribution in [0.2, 0.25) is 0 Å². The maximum atomic E-state index is 13.1. The molecule has 29 heavy (non-hydrogen) atoms. The zero-order chi connectivity index (χ0) is 20.6. The second-order valence-electron chi connectivity index (χ2n) is 6.35. The summed E-state index contributed by atoms with van der Waals surface area (Å²) in [7, 11) is 0. The molecule has 152 valence electrons. The number of rotatable bonds is 9. The molecule has 0 aliphatic rings. The number of halogens is 2. The van der Waals surface area contributed by atoms with Gasteiger partial charge < -0.3 is 15.5 Å². The first-order valence-corrected chi connectivity index (χ1v) is 10.4. The van der Waals surface area contributed by atoms with Crippen LogP contribution in [0.1, 0.15) is 17.4 Å². The Morgan fingerprint density at radius 3 is 2.76 bits per heavy atom. The first-order chi connectivity index (χ1) is 14.0. The number of nitrogens with zero attached hydrogens (tertiary/aromatic N) is 4. The molecule has 2 aromatic heterocycles. The Kier molecular flexibility index (Phi) is 7.64. The highest BCUT2D eigenvalue weighted by molar-refractivity contribution is 14.1. The SMILES string of the molecule is CCN(CCNC(=O)c1cnc2cc([125I])ccc2n1)CCNc1cccc(F)n1. The molecule has 0 aliphatic carbocycles. The molecule has 9 heteroatoms. The van der Waals surface area contributed by atoms with E-state index in [0.29, 0.717) is 36.7 Å². The van der Waals surface area contributed by atoms with Crippen LogP contribution in [0.15, 0.2) is 42.6 Å². The van der Waals surface area contributed by atoms with Gasteiger partial charge in [0.05, 0.1) is 17.2 Å². The molecule has 0 bridgehead atoms. The predicted octanol–water partition coefficient (Wildman–Crippen LogP) is 2.93. The van der Waals surface area contributed by atoms with Crippen molar-refractivity contribution in [1.29, 1.82) is 0 Å². The van der Waals surface area contributed by atoms with E-state index in [2.05, 4.69) is 60.0 Å². The van der Waals surface area contributed by atoms with Crippen LogP contribution in [-0.2, 0) is 0 Å². The maximum Gasteiger partial charge on any atom is 0.271 e. The number of aromatic nitrogens is 3. The first kappa shape index (κ1) is 21.3. The summed E-state index contributed by atoms with van der Waals surface area (Å²) in [4.78, 5) is 27.0. The van der Waals surface area contributed by atoms with E-state index in [-0.39, 0.29) is 5.91 Å². The normalized spacial score (nSPS) is 11.0. The van der Waals surface area contributed by atoms with Crippen LogP contribution in [0.5, 0.6) is 0 Å². The van der Waals surface area contributed by atoms with Gasteiger partial charge >= 0.3 is 0 Å². The number of pyridine rings is 1. The Labute approximate surface area is 182 Å². The number of carbonyl (C=O) groups excluding carboxylic acids is 1. The van der Waals surface area contributed by atoms with Gasteiger partial charge in [-0.2, -0.15) is 4.39 Å². The molecule has 0 unspecified atom stereocenters. The molecule has 1 aromatic carbocycles. The molecule has 7 nitrogen and oxygen atoms in total. The lowest BCUT2D eigenvalue weighted by Crippen LogP contribution is -2.37. The molecule has 0 radical (unpaired) electrons. The quantitative estimate of drug-likeness (QED) is 0.343.